The van der Waals surface area contributed by atoms with E-state index in [1.807, 2.05) is 62.5 Å². The predicted molar refractivity (Wildman–Crippen MR) is 133 cm³/mol. The summed E-state index contributed by atoms with van der Waals surface area (Å²) < 4.78 is 5.44. The molecule has 9 heteroatoms. The average molecular weight is 487 g/mol. The molecule has 0 radical (unpaired) electrons. The number of hydrogen-bond acceptors (Lipinski definition) is 6. The van der Waals surface area contributed by atoms with Crippen LogP contribution in [0.2, 0.25) is 0 Å². The highest BCUT2D eigenvalue weighted by Crippen LogP contribution is 2.12. The third-order valence-electron chi connectivity index (χ3n) is 5.40. The van der Waals surface area contributed by atoms with Gasteiger partial charge in [-0.05, 0) is 37.8 Å². The summed E-state index contributed by atoms with van der Waals surface area (Å²) in [6.45, 7) is 9.34. The molecule has 1 aromatic heterocycles. The Morgan fingerprint density at radius 1 is 1.03 bits per heavy atom. The molecule has 1 aliphatic rings. The molecule has 0 aliphatic carbocycles. The van der Waals surface area contributed by atoms with Crippen molar-refractivity contribution in [3.8, 4) is 0 Å². The molecule has 1 unspecified atom stereocenters. The fraction of sp³-hybridized carbons (Fsp3) is 0.480. The number of rotatable bonds is 8. The highest BCUT2D eigenvalue weighted by atomic mass is 32.1. The molecule has 34 heavy (non-hydrogen) atoms. The van der Waals surface area contributed by atoms with Crippen LogP contribution in [0.1, 0.15) is 36.0 Å². The Kier molecular flexibility index (Phi) is 9.06. The topological polar surface area (TPSA) is 91.0 Å². The van der Waals surface area contributed by atoms with Crippen molar-refractivity contribution in [3.05, 3.63) is 58.3 Å². The molecule has 1 saturated heterocycles. The first-order valence-electron chi connectivity index (χ1n) is 11.6. The highest BCUT2D eigenvalue weighted by molar-refractivity contribution is 7.12. The van der Waals surface area contributed by atoms with Gasteiger partial charge in [-0.3, -0.25) is 14.5 Å². The van der Waals surface area contributed by atoms with Gasteiger partial charge in [0.25, 0.3) is 5.91 Å². The molecule has 0 saturated carbocycles. The minimum absolute atomic E-state index is 0.207. The van der Waals surface area contributed by atoms with Crippen LogP contribution in [0, 0.1) is 0 Å². The van der Waals surface area contributed by atoms with Gasteiger partial charge in [0, 0.05) is 45.7 Å². The summed E-state index contributed by atoms with van der Waals surface area (Å²) in [6, 6.07) is 12.5. The summed E-state index contributed by atoms with van der Waals surface area (Å²) in [5.41, 5.74) is 0.473. The number of carbonyl (C=O) groups excluding carboxylic acids is 3. The van der Waals surface area contributed by atoms with Gasteiger partial charge in [-0.15, -0.1) is 11.3 Å². The number of piperazine rings is 1. The molecule has 3 rings (SSSR count). The summed E-state index contributed by atoms with van der Waals surface area (Å²) in [5.74, 6) is -0.453. The van der Waals surface area contributed by atoms with E-state index >= 15 is 0 Å². The van der Waals surface area contributed by atoms with Crippen molar-refractivity contribution in [2.75, 3.05) is 39.3 Å². The van der Waals surface area contributed by atoms with Crippen molar-refractivity contribution in [2.24, 2.45) is 0 Å². The fourth-order valence-corrected chi connectivity index (χ4v) is 4.26. The lowest BCUT2D eigenvalue weighted by Gasteiger charge is -2.35. The molecule has 1 aliphatic heterocycles. The van der Waals surface area contributed by atoms with Crippen LogP contribution in [-0.2, 0) is 16.0 Å². The normalized spacial score (nSPS) is 15.4. The van der Waals surface area contributed by atoms with E-state index < -0.39 is 11.6 Å². The zero-order valence-corrected chi connectivity index (χ0v) is 20.9. The average Bonchev–Trinajstić information content (AvgIpc) is 3.34. The fourth-order valence-electron chi connectivity index (χ4n) is 3.64. The quantitative estimate of drug-likeness (QED) is 0.599. The molecule has 1 aromatic carbocycles. The Hall–Kier alpha value is -2.91. The Morgan fingerprint density at radius 2 is 1.74 bits per heavy atom. The minimum Gasteiger partial charge on any atom is -0.444 e. The van der Waals surface area contributed by atoms with Crippen LogP contribution < -0.4 is 10.6 Å². The molecular formula is C25H34N4O4S. The number of carbonyl (C=O) groups is 3. The molecule has 2 N–H and O–H groups in total. The third-order valence-corrected chi connectivity index (χ3v) is 6.27. The molecule has 8 nitrogen and oxygen atoms in total. The predicted octanol–water partition coefficient (Wildman–Crippen LogP) is 2.76. The van der Waals surface area contributed by atoms with Gasteiger partial charge in [0.2, 0.25) is 5.91 Å². The third kappa shape index (κ3) is 8.14. The Balaban J connectivity index is 1.47. The van der Waals surface area contributed by atoms with Gasteiger partial charge < -0.3 is 20.3 Å². The first-order chi connectivity index (χ1) is 16.2. The maximum atomic E-state index is 13.0. The number of thiophene rings is 1. The first kappa shape index (κ1) is 25.7. The summed E-state index contributed by atoms with van der Waals surface area (Å²) in [7, 11) is 0. The summed E-state index contributed by atoms with van der Waals surface area (Å²) in [5, 5.41) is 7.69. The van der Waals surface area contributed by atoms with E-state index in [-0.39, 0.29) is 17.9 Å². The Labute approximate surface area is 205 Å². The van der Waals surface area contributed by atoms with Gasteiger partial charge in [-0.25, -0.2) is 4.79 Å². The second kappa shape index (κ2) is 12.0. The lowest BCUT2D eigenvalue weighted by molar-refractivity contribution is -0.123. The van der Waals surface area contributed by atoms with E-state index in [1.165, 1.54) is 11.3 Å². The molecule has 3 amide bonds. The van der Waals surface area contributed by atoms with Crippen LogP contribution in [0.15, 0.2) is 47.8 Å². The van der Waals surface area contributed by atoms with Gasteiger partial charge in [-0.2, -0.15) is 0 Å². The number of hydrogen-bond donors (Lipinski definition) is 2. The van der Waals surface area contributed by atoms with Gasteiger partial charge in [0.15, 0.2) is 0 Å². The van der Waals surface area contributed by atoms with Crippen molar-refractivity contribution >= 4 is 29.2 Å². The number of benzene rings is 1. The maximum absolute atomic E-state index is 13.0. The van der Waals surface area contributed by atoms with E-state index in [2.05, 4.69) is 15.5 Å². The van der Waals surface area contributed by atoms with E-state index in [4.69, 9.17) is 4.74 Å². The van der Waals surface area contributed by atoms with Gasteiger partial charge >= 0.3 is 6.09 Å². The second-order valence-corrected chi connectivity index (χ2v) is 10.2. The first-order valence-corrected chi connectivity index (χ1v) is 12.5. The van der Waals surface area contributed by atoms with Crippen LogP contribution in [0.5, 0.6) is 0 Å². The van der Waals surface area contributed by atoms with Crippen LogP contribution in [0.4, 0.5) is 4.79 Å². The monoisotopic (exact) mass is 486 g/mol. The maximum Gasteiger partial charge on any atom is 0.410 e. The summed E-state index contributed by atoms with van der Waals surface area (Å²) in [4.78, 5) is 42.2. The molecule has 0 spiro atoms. The molecule has 1 atom stereocenters. The molecule has 184 valence electrons. The zero-order chi connectivity index (χ0) is 24.6. The standard InChI is InChI=1S/C25H34N4O4S/c1-25(2,3)33-24(32)29-15-13-28(14-16-29)12-11-26-22(30)20(18-19-8-5-4-6-9-19)27-23(31)21-10-7-17-34-21/h4-10,17,20H,11-16,18H2,1-3H3,(H,26,30)(H,27,31). The zero-order valence-electron chi connectivity index (χ0n) is 20.1. The van der Waals surface area contributed by atoms with Gasteiger partial charge in [-0.1, -0.05) is 36.4 Å². The number of nitrogens with one attached hydrogen (secondary N) is 2. The SMILES string of the molecule is CC(C)(C)OC(=O)N1CCN(CCNC(=O)C(Cc2ccccc2)NC(=O)c2cccs2)CC1. The molecular weight excluding hydrogens is 452 g/mol. The molecule has 1 fully saturated rings. The number of amides is 3. The molecule has 2 heterocycles. The summed E-state index contributed by atoms with van der Waals surface area (Å²) in [6.07, 6.45) is 0.129. The van der Waals surface area contributed by atoms with Crippen molar-refractivity contribution in [2.45, 2.75) is 38.8 Å². The van der Waals surface area contributed by atoms with Crippen molar-refractivity contribution in [3.63, 3.8) is 0 Å². The van der Waals surface area contributed by atoms with Crippen LogP contribution in [0.3, 0.4) is 0 Å². The summed E-state index contributed by atoms with van der Waals surface area (Å²) >= 11 is 1.35. The lowest BCUT2D eigenvalue weighted by Crippen LogP contribution is -2.52. The molecule has 2 aromatic rings. The minimum atomic E-state index is -0.666. The Bertz CT molecular complexity index is 936. The van der Waals surface area contributed by atoms with Crippen LogP contribution >= 0.6 is 11.3 Å². The van der Waals surface area contributed by atoms with Gasteiger partial charge in [0.05, 0.1) is 4.88 Å². The van der Waals surface area contributed by atoms with Crippen molar-refractivity contribution in [1.29, 1.82) is 0 Å². The molecule has 0 bridgehead atoms. The Morgan fingerprint density at radius 3 is 2.35 bits per heavy atom. The highest BCUT2D eigenvalue weighted by Gasteiger charge is 2.26. The van der Waals surface area contributed by atoms with E-state index in [9.17, 15) is 14.4 Å². The van der Waals surface area contributed by atoms with E-state index in [0.717, 1.165) is 18.7 Å². The van der Waals surface area contributed by atoms with Crippen LogP contribution in [0.25, 0.3) is 0 Å². The van der Waals surface area contributed by atoms with Crippen molar-refractivity contribution < 1.29 is 19.1 Å². The van der Waals surface area contributed by atoms with Gasteiger partial charge in [0.1, 0.15) is 11.6 Å². The van der Waals surface area contributed by atoms with Crippen molar-refractivity contribution in [1.82, 2.24) is 20.4 Å². The number of nitrogens with zero attached hydrogens (tertiary/aromatic N) is 2. The van der Waals surface area contributed by atoms with E-state index in [0.29, 0.717) is 37.5 Å². The largest absolute Gasteiger partial charge is 0.444 e. The lowest BCUT2D eigenvalue weighted by atomic mass is 10.1. The van der Waals surface area contributed by atoms with E-state index in [1.54, 1.807) is 11.0 Å². The number of ether oxygens (including phenoxy) is 1. The smallest absolute Gasteiger partial charge is 0.410 e. The second-order valence-electron chi connectivity index (χ2n) is 9.29. The van der Waals surface area contributed by atoms with Crippen LogP contribution in [-0.4, -0.2) is 78.6 Å².